The van der Waals surface area contributed by atoms with Gasteiger partial charge >= 0.3 is 6.01 Å². The van der Waals surface area contributed by atoms with Gasteiger partial charge in [0, 0.05) is 47.9 Å². The number of benzene rings is 2. The Kier molecular flexibility index (Phi) is 6.28. The molecule has 1 aliphatic carbocycles. The molecule has 8 rings (SSSR count). The predicted molar refractivity (Wildman–Crippen MR) is 174 cm³/mol. The average Bonchev–Trinajstić information content (AvgIpc) is 3.39. The van der Waals surface area contributed by atoms with Gasteiger partial charge in [0.2, 0.25) is 0 Å². The fourth-order valence-corrected chi connectivity index (χ4v) is 8.53. The van der Waals surface area contributed by atoms with Gasteiger partial charge in [0.25, 0.3) is 0 Å². The van der Waals surface area contributed by atoms with Gasteiger partial charge < -0.3 is 15.4 Å². The number of halogens is 3. The number of nitrogen functional groups attached to an aromatic ring is 1. The fraction of sp³-hybridized carbons (Fsp3) is 0.457. The maximum atomic E-state index is 15.0. The molecule has 1 saturated carbocycles. The van der Waals surface area contributed by atoms with E-state index in [1.807, 2.05) is 11.8 Å². The molecule has 2 aromatic carbocycles. The van der Waals surface area contributed by atoms with Crippen LogP contribution in [0.2, 0.25) is 0 Å². The first kappa shape index (κ1) is 26.5. The molecular formula is C35H35ClF2N6O. The van der Waals surface area contributed by atoms with Gasteiger partial charge in [-0.25, -0.2) is 8.78 Å². The van der Waals surface area contributed by atoms with E-state index in [4.69, 9.17) is 46.2 Å². The Balaban J connectivity index is 1.32. The maximum absolute atomic E-state index is 15.0. The summed E-state index contributed by atoms with van der Waals surface area (Å²) >= 11 is 6.79. The lowest BCUT2D eigenvalue weighted by Gasteiger charge is -2.31. The zero-order chi connectivity index (χ0) is 32.8. The zero-order valence-corrected chi connectivity index (χ0v) is 25.7. The summed E-state index contributed by atoms with van der Waals surface area (Å²) in [6, 6.07) is 6.38. The molecule has 232 valence electrons. The van der Waals surface area contributed by atoms with Crippen LogP contribution in [0.1, 0.15) is 52.4 Å². The number of pyridine rings is 1. The van der Waals surface area contributed by atoms with Crippen molar-refractivity contribution in [2.75, 3.05) is 36.8 Å². The topological polar surface area (TPSA) is 80.4 Å². The molecule has 2 N–H and O–H groups in total. The van der Waals surface area contributed by atoms with Crippen LogP contribution in [0, 0.1) is 31.0 Å². The zero-order valence-electron chi connectivity index (χ0n) is 27.0. The van der Waals surface area contributed by atoms with E-state index < -0.39 is 24.1 Å². The van der Waals surface area contributed by atoms with Crippen molar-refractivity contribution in [1.29, 1.82) is 0 Å². The van der Waals surface area contributed by atoms with Crippen molar-refractivity contribution >= 4 is 44.8 Å². The summed E-state index contributed by atoms with van der Waals surface area (Å²) in [5, 5.41) is 1.83. The molecule has 2 aromatic heterocycles. The van der Waals surface area contributed by atoms with Crippen LogP contribution in [0.5, 0.6) is 6.01 Å². The minimum atomic E-state index is -2.27. The molecule has 0 spiro atoms. The highest BCUT2D eigenvalue weighted by atomic mass is 35.5. The molecule has 3 saturated heterocycles. The van der Waals surface area contributed by atoms with Gasteiger partial charge in [-0.05, 0) is 68.7 Å². The van der Waals surface area contributed by atoms with Crippen molar-refractivity contribution in [3.05, 3.63) is 47.4 Å². The Bertz CT molecular complexity index is 1990. The Labute approximate surface area is 268 Å². The third-order valence-corrected chi connectivity index (χ3v) is 10.8. The fourth-order valence-electron chi connectivity index (χ4n) is 8.01. The van der Waals surface area contributed by atoms with Gasteiger partial charge in [-0.15, -0.1) is 18.0 Å². The standard InChI is InChI=1S/C35H35ClF2N6O/c1-3-23-27(38)9-8-20-13-22(39)14-25(28(20)23)30-19(2)31-26(16-40-30)33(44-12-5-4-7-24-29(36)32(24)44)42-34(41-31)45-18-35-10-6-11-43(35)17-21(37)15-35/h1,8-9,13-14,16,21,24,29,32H,4-7,10-12,15,17-18,39H2,2H3/t21-,24+,29+,32+,35+/m1/s1/i18D2. The first-order valence-electron chi connectivity index (χ1n) is 16.7. The third kappa shape index (κ3) is 4.59. The first-order chi connectivity index (χ1) is 22.5. The number of nitrogens with zero attached hydrogens (tertiary/aromatic N) is 5. The molecule has 5 atom stereocenters. The Morgan fingerprint density at radius 3 is 2.96 bits per heavy atom. The number of alkyl halides is 2. The summed E-state index contributed by atoms with van der Waals surface area (Å²) in [6.45, 7) is 1.11. The number of aryl methyl sites for hydroxylation is 1. The molecule has 0 amide bonds. The second-order valence-electron chi connectivity index (χ2n) is 12.9. The maximum Gasteiger partial charge on any atom is 0.319 e. The summed E-state index contributed by atoms with van der Waals surface area (Å²) < 4.78 is 54.2. The van der Waals surface area contributed by atoms with Crippen LogP contribution in [0.15, 0.2) is 30.5 Å². The van der Waals surface area contributed by atoms with Crippen molar-refractivity contribution in [2.45, 2.75) is 68.6 Å². The van der Waals surface area contributed by atoms with Crippen LogP contribution < -0.4 is 15.4 Å². The Morgan fingerprint density at radius 1 is 1.24 bits per heavy atom. The normalized spacial score (nSPS) is 28.7. The van der Waals surface area contributed by atoms with E-state index in [0.29, 0.717) is 68.9 Å². The number of nitrogens with two attached hydrogens (primary N) is 1. The number of hydrogen-bond donors (Lipinski definition) is 1. The van der Waals surface area contributed by atoms with Gasteiger partial charge in [-0.2, -0.15) is 9.97 Å². The lowest BCUT2D eigenvalue weighted by atomic mass is 9.94. The largest absolute Gasteiger partial charge is 0.461 e. The van der Waals surface area contributed by atoms with Gasteiger partial charge in [0.15, 0.2) is 0 Å². The molecule has 7 nitrogen and oxygen atoms in total. The molecule has 0 bridgehead atoms. The van der Waals surface area contributed by atoms with Gasteiger partial charge in [0.1, 0.15) is 24.4 Å². The summed E-state index contributed by atoms with van der Waals surface area (Å²) in [5.74, 6) is 2.88. The smallest absolute Gasteiger partial charge is 0.319 e. The summed E-state index contributed by atoms with van der Waals surface area (Å²) in [7, 11) is 0. The molecular weight excluding hydrogens is 594 g/mol. The van der Waals surface area contributed by atoms with E-state index in [2.05, 4.69) is 10.8 Å². The molecule has 0 radical (unpaired) electrons. The molecule has 3 aliphatic heterocycles. The lowest BCUT2D eigenvalue weighted by molar-refractivity contribution is 0.107. The Morgan fingerprint density at radius 2 is 2.11 bits per heavy atom. The van der Waals surface area contributed by atoms with Crippen LogP contribution in [-0.4, -0.2) is 69.2 Å². The predicted octanol–water partition coefficient (Wildman–Crippen LogP) is 6.41. The molecule has 4 aromatic rings. The van der Waals surface area contributed by atoms with Crippen molar-refractivity contribution < 1.29 is 16.3 Å². The van der Waals surface area contributed by atoms with E-state index in [-0.39, 0.29) is 36.0 Å². The molecule has 5 heterocycles. The lowest BCUT2D eigenvalue weighted by Crippen LogP contribution is -2.43. The van der Waals surface area contributed by atoms with Gasteiger partial charge in [-0.1, -0.05) is 18.4 Å². The SMILES string of the molecule is [2H]C([2H])(Oc1nc(N2CCCC[C@H]3[C@H](Cl)[C@H]32)c2cnc(-c3cc(N)cc4ccc(F)c(C#C)c34)c(C)c2n1)[C@@]12CCCN1C[C@H](F)C2. The second kappa shape index (κ2) is 10.7. The van der Waals surface area contributed by atoms with E-state index in [1.165, 1.54) is 6.07 Å². The molecule has 10 heteroatoms. The van der Waals surface area contributed by atoms with Crippen LogP contribution in [-0.2, 0) is 0 Å². The minimum Gasteiger partial charge on any atom is -0.461 e. The summed E-state index contributed by atoms with van der Waals surface area (Å²) in [6.07, 6.45) is 10.7. The van der Waals surface area contributed by atoms with E-state index in [9.17, 15) is 8.78 Å². The highest BCUT2D eigenvalue weighted by Gasteiger charge is 2.54. The van der Waals surface area contributed by atoms with Crippen LogP contribution in [0.4, 0.5) is 20.3 Å². The second-order valence-corrected chi connectivity index (χ2v) is 13.4. The quantitative estimate of drug-likeness (QED) is 0.155. The molecule has 4 aliphatic rings. The number of fused-ring (bicyclic) bond motifs is 4. The highest BCUT2D eigenvalue weighted by molar-refractivity contribution is 6.24. The monoisotopic (exact) mass is 630 g/mol. The van der Waals surface area contributed by atoms with Gasteiger partial charge in [0.05, 0.1) is 41.9 Å². The van der Waals surface area contributed by atoms with Crippen LogP contribution >= 0.6 is 11.6 Å². The van der Waals surface area contributed by atoms with Crippen molar-refractivity contribution in [3.63, 3.8) is 0 Å². The number of anilines is 2. The average molecular weight is 631 g/mol. The minimum absolute atomic E-state index is 0.0221. The number of hydrogen-bond acceptors (Lipinski definition) is 7. The van der Waals surface area contributed by atoms with Crippen molar-refractivity contribution in [3.8, 4) is 29.6 Å². The van der Waals surface area contributed by atoms with E-state index >= 15 is 0 Å². The number of ether oxygens (including phenoxy) is 1. The van der Waals surface area contributed by atoms with Gasteiger partial charge in [-0.3, -0.25) is 9.88 Å². The third-order valence-electron chi connectivity index (χ3n) is 10.2. The van der Waals surface area contributed by atoms with E-state index in [1.54, 1.807) is 24.4 Å². The molecule has 4 fully saturated rings. The molecule has 0 unspecified atom stereocenters. The number of terminal acetylenes is 1. The highest BCUT2D eigenvalue weighted by Crippen LogP contribution is 2.49. The number of aromatic nitrogens is 3. The summed E-state index contributed by atoms with van der Waals surface area (Å²) in [5.41, 5.74) is 7.99. The molecule has 45 heavy (non-hydrogen) atoms. The summed E-state index contributed by atoms with van der Waals surface area (Å²) in [4.78, 5) is 18.6. The first-order valence-corrected chi connectivity index (χ1v) is 16.1. The van der Waals surface area contributed by atoms with Crippen LogP contribution in [0.25, 0.3) is 32.9 Å². The van der Waals surface area contributed by atoms with Crippen molar-refractivity contribution in [1.82, 2.24) is 19.9 Å². The van der Waals surface area contributed by atoms with Crippen molar-refractivity contribution in [2.24, 2.45) is 5.92 Å². The van der Waals surface area contributed by atoms with Crippen LogP contribution in [0.3, 0.4) is 0 Å². The Hall–Kier alpha value is -3.74. The number of rotatable bonds is 5. The van der Waals surface area contributed by atoms with E-state index in [0.717, 1.165) is 32.2 Å².